The Morgan fingerprint density at radius 2 is 1.34 bits per heavy atom. The van der Waals surface area contributed by atoms with Gasteiger partial charge in [-0.25, -0.2) is 4.57 Å². The molecule has 0 bridgehead atoms. The number of carboxylic acids is 1. The summed E-state index contributed by atoms with van der Waals surface area (Å²) in [6.07, 6.45) is 45.2. The summed E-state index contributed by atoms with van der Waals surface area (Å²) in [5, 5.41) is 19.1. The Morgan fingerprint density at radius 1 is 0.758 bits per heavy atom. The predicted octanol–water partition coefficient (Wildman–Crippen LogP) is 9.45. The number of rotatable bonds is 36. The molecule has 0 saturated carbocycles. The van der Waals surface area contributed by atoms with Crippen LogP contribution in [0.2, 0.25) is 0 Å². The van der Waals surface area contributed by atoms with Crippen molar-refractivity contribution in [3.8, 4) is 0 Å². The molecule has 0 saturated heterocycles. The third-order valence-electron chi connectivity index (χ3n) is 9.27. The zero-order valence-electron chi connectivity index (χ0n) is 36.8. The Morgan fingerprint density at radius 3 is 1.94 bits per heavy atom. The number of carboxylic acid groups (broad SMARTS) is 1. The number of aliphatic hydroxyl groups is 1. The van der Waals surface area contributed by atoms with Crippen molar-refractivity contribution < 1.29 is 57.4 Å². The van der Waals surface area contributed by atoms with Crippen LogP contribution in [0.5, 0.6) is 0 Å². The number of aliphatic hydroxyl groups excluding tert-OH is 1. The number of hydrogen-bond donors (Lipinski definition) is 4. The topological polar surface area (TPSA) is 209 Å². The summed E-state index contributed by atoms with van der Waals surface area (Å²) < 4.78 is 32.6. The molecule has 0 aromatic carbocycles. The monoisotopic (exact) mass is 885 g/mol. The number of ketones is 1. The van der Waals surface area contributed by atoms with E-state index in [1.165, 1.54) is 0 Å². The molecule has 0 spiro atoms. The van der Waals surface area contributed by atoms with Gasteiger partial charge in [-0.15, -0.1) is 0 Å². The maximum absolute atomic E-state index is 12.6. The van der Waals surface area contributed by atoms with Crippen molar-refractivity contribution >= 4 is 31.5 Å². The van der Waals surface area contributed by atoms with Crippen LogP contribution >= 0.6 is 7.82 Å². The fourth-order valence-electron chi connectivity index (χ4n) is 5.73. The van der Waals surface area contributed by atoms with Crippen LogP contribution in [0.4, 0.5) is 0 Å². The highest BCUT2D eigenvalue weighted by atomic mass is 31.2. The van der Waals surface area contributed by atoms with Crippen molar-refractivity contribution in [2.24, 2.45) is 17.6 Å². The maximum Gasteiger partial charge on any atom is 0.472 e. The fourth-order valence-corrected chi connectivity index (χ4v) is 6.50. The van der Waals surface area contributed by atoms with E-state index < -0.39 is 63.8 Å². The summed E-state index contributed by atoms with van der Waals surface area (Å²) in [6.45, 7) is 2.28. The predicted molar refractivity (Wildman–Crippen MR) is 244 cm³/mol. The van der Waals surface area contributed by atoms with Crippen LogP contribution in [0.3, 0.4) is 0 Å². The Bertz CT molecular complexity index is 1610. The lowest BCUT2D eigenvalue weighted by atomic mass is 9.90. The lowest BCUT2D eigenvalue weighted by molar-refractivity contribution is -0.161. The fraction of sp³-hybridized carbons (Fsp3) is 0.542. The number of esters is 2. The number of ether oxygens (including phenoxy) is 2. The molecular formula is C48H72NO12P. The molecule has 0 aliphatic heterocycles. The van der Waals surface area contributed by atoms with E-state index in [1.807, 2.05) is 36.5 Å². The van der Waals surface area contributed by atoms with E-state index in [2.05, 4.69) is 73.1 Å². The van der Waals surface area contributed by atoms with E-state index in [0.29, 0.717) is 38.5 Å². The Balaban J connectivity index is 2.52. The van der Waals surface area contributed by atoms with Crippen LogP contribution in [-0.2, 0) is 42.3 Å². The largest absolute Gasteiger partial charge is 0.480 e. The second-order valence-corrected chi connectivity index (χ2v) is 16.2. The zero-order valence-corrected chi connectivity index (χ0v) is 37.6. The third-order valence-corrected chi connectivity index (χ3v) is 10.2. The van der Waals surface area contributed by atoms with Crippen LogP contribution in [0.1, 0.15) is 117 Å². The molecule has 62 heavy (non-hydrogen) atoms. The number of carbonyl (C=O) groups excluding carboxylic acids is 3. The molecule has 1 aliphatic rings. The van der Waals surface area contributed by atoms with Crippen molar-refractivity contribution in [3.63, 3.8) is 0 Å². The van der Waals surface area contributed by atoms with Gasteiger partial charge in [0.15, 0.2) is 11.9 Å². The molecule has 0 amide bonds. The third kappa shape index (κ3) is 30.7. The number of hydrogen-bond acceptors (Lipinski definition) is 11. The van der Waals surface area contributed by atoms with Crippen LogP contribution < -0.4 is 5.73 Å². The molecule has 1 rings (SSSR count). The van der Waals surface area contributed by atoms with Crippen molar-refractivity contribution in [1.29, 1.82) is 0 Å². The molecule has 14 heteroatoms. The van der Waals surface area contributed by atoms with E-state index in [-0.39, 0.29) is 30.5 Å². The van der Waals surface area contributed by atoms with E-state index >= 15 is 0 Å². The summed E-state index contributed by atoms with van der Waals surface area (Å²) in [5.74, 6) is -2.99. The van der Waals surface area contributed by atoms with E-state index in [1.54, 1.807) is 18.2 Å². The van der Waals surface area contributed by atoms with Crippen LogP contribution in [0.25, 0.3) is 0 Å². The lowest BCUT2D eigenvalue weighted by Crippen LogP contribution is -2.34. The molecule has 0 fully saturated rings. The van der Waals surface area contributed by atoms with Gasteiger partial charge in [-0.1, -0.05) is 136 Å². The highest BCUT2D eigenvalue weighted by molar-refractivity contribution is 7.47. The number of aliphatic carboxylic acids is 1. The van der Waals surface area contributed by atoms with Crippen molar-refractivity contribution in [3.05, 3.63) is 109 Å². The normalized spacial score (nSPS) is 18.5. The summed E-state index contributed by atoms with van der Waals surface area (Å²) in [4.78, 5) is 58.5. The molecule has 5 N–H and O–H groups in total. The average Bonchev–Trinajstić information content (AvgIpc) is 3.60. The molecule has 1 aliphatic carbocycles. The second kappa shape index (κ2) is 36.3. The number of unbranched alkanes of at least 4 members (excludes halogenated alkanes) is 3. The van der Waals surface area contributed by atoms with Gasteiger partial charge >= 0.3 is 25.7 Å². The molecule has 0 heterocycles. The van der Waals surface area contributed by atoms with Gasteiger partial charge < -0.3 is 30.3 Å². The van der Waals surface area contributed by atoms with Crippen molar-refractivity contribution in [2.45, 2.75) is 135 Å². The first-order chi connectivity index (χ1) is 29.9. The molecular weight excluding hydrogens is 813 g/mol. The van der Waals surface area contributed by atoms with Gasteiger partial charge in [0.25, 0.3) is 0 Å². The summed E-state index contributed by atoms with van der Waals surface area (Å²) in [5.41, 5.74) is 5.32. The molecule has 6 atom stereocenters. The second-order valence-electron chi connectivity index (χ2n) is 14.8. The first kappa shape index (κ1) is 55.8. The van der Waals surface area contributed by atoms with Crippen LogP contribution in [0.15, 0.2) is 109 Å². The van der Waals surface area contributed by atoms with Gasteiger partial charge in [-0.3, -0.25) is 28.2 Å². The number of phosphoric ester groups is 1. The maximum atomic E-state index is 12.6. The SMILES string of the molecule is CC/C=C\C/C=C\C/C=C\C/C=C\C/C=C\C/C=C\CCC(=O)O[C@H](COC(=O)CCC/C=C\C[C@H]1C=CC(=O)[C@@H]1/C=C/[C@@H](O)CCCCC)COP(=O)(O)OC[C@H](N)C(=O)O. The molecule has 0 aromatic heterocycles. The highest BCUT2D eigenvalue weighted by Gasteiger charge is 2.29. The van der Waals surface area contributed by atoms with Crippen molar-refractivity contribution in [1.82, 2.24) is 0 Å². The Labute approximate surface area is 369 Å². The van der Waals surface area contributed by atoms with E-state index in [4.69, 9.17) is 24.8 Å². The van der Waals surface area contributed by atoms with Gasteiger partial charge in [0.05, 0.1) is 19.3 Å². The van der Waals surface area contributed by atoms with E-state index in [0.717, 1.165) is 51.4 Å². The molecule has 0 radical (unpaired) electrons. The lowest BCUT2D eigenvalue weighted by Gasteiger charge is -2.20. The highest BCUT2D eigenvalue weighted by Crippen LogP contribution is 2.43. The standard InChI is InChI=1S/C48H72NO12P/c1-3-5-7-8-9-10-11-12-13-14-15-16-17-18-19-20-21-22-28-32-47(53)61-42(38-59-62(56,57)60-39-44(49)48(54)55)37-58-46(52)31-27-24-23-26-29-40-33-36-45(51)43(40)35-34-41(50)30-25-6-4-2/h5,7,9-10,12-13,15-16,18-19,21-23,26,33-36,40-44,50H,3-4,6,8,11,14,17,20,24-25,27-32,37-39,49H2,1-2H3,(H,54,55)(H,56,57)/b7-5-,10-9-,13-12-,16-15-,19-18-,22-21-,26-23-,35-34+/t40-,41-,42+,43+,44-/m0/s1. The summed E-state index contributed by atoms with van der Waals surface area (Å²) in [7, 11) is -4.80. The molecule has 13 nitrogen and oxygen atoms in total. The number of allylic oxidation sites excluding steroid dienone is 17. The number of carbonyl (C=O) groups is 4. The van der Waals surface area contributed by atoms with Crippen molar-refractivity contribution in [2.75, 3.05) is 19.8 Å². The molecule has 0 aromatic rings. The minimum atomic E-state index is -4.80. The average molecular weight is 886 g/mol. The minimum Gasteiger partial charge on any atom is -0.480 e. The summed E-state index contributed by atoms with van der Waals surface area (Å²) in [6, 6.07) is -1.57. The zero-order chi connectivity index (χ0) is 45.7. The first-order valence-corrected chi connectivity index (χ1v) is 23.5. The first-order valence-electron chi connectivity index (χ1n) is 22.0. The smallest absolute Gasteiger partial charge is 0.472 e. The van der Waals surface area contributed by atoms with Gasteiger partial charge in [-0.2, -0.15) is 0 Å². The van der Waals surface area contributed by atoms with Crippen LogP contribution in [0, 0.1) is 11.8 Å². The van der Waals surface area contributed by atoms with Gasteiger partial charge in [-0.05, 0) is 82.6 Å². The quantitative estimate of drug-likeness (QED) is 0.0200. The van der Waals surface area contributed by atoms with Gasteiger partial charge in [0.2, 0.25) is 0 Å². The molecule has 1 unspecified atom stereocenters. The van der Waals surface area contributed by atoms with Gasteiger partial charge in [0, 0.05) is 18.8 Å². The number of phosphoric acid groups is 1. The Kier molecular flexibility index (Phi) is 32.6. The van der Waals surface area contributed by atoms with Gasteiger partial charge in [0.1, 0.15) is 12.6 Å². The summed E-state index contributed by atoms with van der Waals surface area (Å²) >= 11 is 0. The molecule has 346 valence electrons. The minimum absolute atomic E-state index is 0.0104. The number of nitrogens with two attached hydrogens (primary N) is 1. The Hall–Kier alpha value is -4.23. The van der Waals surface area contributed by atoms with E-state index in [9.17, 15) is 33.7 Å². The van der Waals surface area contributed by atoms with Crippen LogP contribution in [-0.4, -0.2) is 76.9 Å².